The molecule has 0 saturated heterocycles. The quantitative estimate of drug-likeness (QED) is 0.450. The van der Waals surface area contributed by atoms with Crippen molar-refractivity contribution in [3.8, 4) is 11.3 Å². The first-order valence-electron chi connectivity index (χ1n) is 10.8. The fourth-order valence-electron chi connectivity index (χ4n) is 4.63. The molecule has 1 fully saturated rings. The van der Waals surface area contributed by atoms with Crippen LogP contribution in [0.1, 0.15) is 62.1 Å². The fraction of sp³-hybridized carbons (Fsp3) is 0.560. The van der Waals surface area contributed by atoms with Crippen molar-refractivity contribution >= 4 is 13.3 Å². The standard InChI is InChI=1S/C25H38NSi/c1-18(2)21-13-12-19(3)23(15-21)24-16-25(27(5,6)7)22(17-26(24)4)14-20-10-8-9-11-20/h12-13,15-18,20H,8-11,14H2,1-7H3/q+1. The summed E-state index contributed by atoms with van der Waals surface area (Å²) in [5, 5.41) is 1.66. The molecule has 0 spiro atoms. The van der Waals surface area contributed by atoms with Crippen LogP contribution in [0.4, 0.5) is 0 Å². The monoisotopic (exact) mass is 380 g/mol. The Morgan fingerprint density at radius 1 is 1.07 bits per heavy atom. The fourth-order valence-corrected chi connectivity index (χ4v) is 6.33. The van der Waals surface area contributed by atoms with Gasteiger partial charge < -0.3 is 0 Å². The average molecular weight is 381 g/mol. The number of rotatable bonds is 5. The molecule has 146 valence electrons. The van der Waals surface area contributed by atoms with Crippen molar-refractivity contribution in [3.05, 3.63) is 47.2 Å². The summed E-state index contributed by atoms with van der Waals surface area (Å²) < 4.78 is 2.39. The largest absolute Gasteiger partial charge is 0.212 e. The molecule has 1 saturated carbocycles. The van der Waals surface area contributed by atoms with Crippen LogP contribution in [0.3, 0.4) is 0 Å². The zero-order chi connectivity index (χ0) is 19.8. The topological polar surface area (TPSA) is 3.88 Å². The number of benzene rings is 1. The Bertz CT molecular complexity index is 808. The Hall–Kier alpha value is -1.41. The molecule has 1 aromatic heterocycles. The van der Waals surface area contributed by atoms with E-state index in [0.29, 0.717) is 5.92 Å². The van der Waals surface area contributed by atoms with E-state index >= 15 is 0 Å². The molecule has 0 bridgehead atoms. The van der Waals surface area contributed by atoms with E-state index in [4.69, 9.17) is 0 Å². The highest BCUT2D eigenvalue weighted by Gasteiger charge is 2.28. The van der Waals surface area contributed by atoms with Crippen LogP contribution in [-0.2, 0) is 13.5 Å². The molecule has 0 atom stereocenters. The van der Waals surface area contributed by atoms with Gasteiger partial charge in [-0.3, -0.25) is 0 Å². The molecule has 0 aliphatic heterocycles. The lowest BCUT2D eigenvalue weighted by atomic mass is 9.94. The third kappa shape index (κ3) is 4.54. The van der Waals surface area contributed by atoms with Crippen LogP contribution >= 0.6 is 0 Å². The molecule has 2 aromatic rings. The molecule has 0 unspecified atom stereocenters. The van der Waals surface area contributed by atoms with E-state index in [1.54, 1.807) is 10.8 Å². The zero-order valence-electron chi connectivity index (χ0n) is 18.5. The van der Waals surface area contributed by atoms with Crippen molar-refractivity contribution in [2.24, 2.45) is 13.0 Å². The Morgan fingerprint density at radius 3 is 2.33 bits per heavy atom. The van der Waals surface area contributed by atoms with Gasteiger partial charge >= 0.3 is 0 Å². The third-order valence-corrected chi connectivity index (χ3v) is 8.43. The van der Waals surface area contributed by atoms with E-state index in [-0.39, 0.29) is 0 Å². The first-order valence-corrected chi connectivity index (χ1v) is 14.3. The van der Waals surface area contributed by atoms with Gasteiger partial charge in [-0.05, 0) is 47.6 Å². The van der Waals surface area contributed by atoms with Crippen LogP contribution in [0.5, 0.6) is 0 Å². The minimum Gasteiger partial charge on any atom is -0.201 e. The summed E-state index contributed by atoms with van der Waals surface area (Å²) >= 11 is 0. The van der Waals surface area contributed by atoms with Crippen LogP contribution in [0.2, 0.25) is 19.6 Å². The number of hydrogen-bond acceptors (Lipinski definition) is 0. The zero-order valence-corrected chi connectivity index (χ0v) is 19.5. The summed E-state index contributed by atoms with van der Waals surface area (Å²) in [6.07, 6.45) is 9.44. The molecule has 2 heteroatoms. The second-order valence-electron chi connectivity index (χ2n) is 10.0. The van der Waals surface area contributed by atoms with Gasteiger partial charge in [-0.15, -0.1) is 0 Å². The summed E-state index contributed by atoms with van der Waals surface area (Å²) in [6, 6.07) is 9.55. The Balaban J connectivity index is 2.11. The van der Waals surface area contributed by atoms with Gasteiger partial charge in [-0.2, -0.15) is 0 Å². The maximum absolute atomic E-state index is 2.54. The molecular weight excluding hydrogens is 342 g/mol. The number of pyridine rings is 1. The highest BCUT2D eigenvalue weighted by atomic mass is 28.3. The second kappa shape index (κ2) is 7.91. The maximum Gasteiger partial charge on any atom is 0.212 e. The second-order valence-corrected chi connectivity index (χ2v) is 15.1. The van der Waals surface area contributed by atoms with E-state index in [9.17, 15) is 0 Å². The first kappa shape index (κ1) is 20.3. The van der Waals surface area contributed by atoms with Gasteiger partial charge in [-0.25, -0.2) is 4.57 Å². The molecular formula is C25H38NSi+. The molecule has 3 rings (SSSR count). The molecule has 0 N–H and O–H groups in total. The van der Waals surface area contributed by atoms with E-state index in [1.165, 1.54) is 54.5 Å². The van der Waals surface area contributed by atoms with Gasteiger partial charge in [-0.1, -0.05) is 71.3 Å². The summed E-state index contributed by atoms with van der Waals surface area (Å²) in [5.41, 5.74) is 7.20. The number of nitrogens with zero attached hydrogens (tertiary/aromatic N) is 1. The van der Waals surface area contributed by atoms with Gasteiger partial charge in [0.1, 0.15) is 7.05 Å². The van der Waals surface area contributed by atoms with Gasteiger partial charge in [0.25, 0.3) is 0 Å². The number of aryl methyl sites for hydroxylation is 2. The van der Waals surface area contributed by atoms with Gasteiger partial charge in [0, 0.05) is 17.2 Å². The Kier molecular flexibility index (Phi) is 5.95. The van der Waals surface area contributed by atoms with Crippen molar-refractivity contribution in [3.63, 3.8) is 0 Å². The average Bonchev–Trinajstić information content (AvgIpc) is 3.07. The molecule has 0 amide bonds. The van der Waals surface area contributed by atoms with Gasteiger partial charge in [0.05, 0.1) is 8.07 Å². The van der Waals surface area contributed by atoms with E-state index in [0.717, 1.165) is 5.92 Å². The highest BCUT2D eigenvalue weighted by Crippen LogP contribution is 2.29. The van der Waals surface area contributed by atoms with Crippen LogP contribution in [0.15, 0.2) is 30.5 Å². The normalized spacial score (nSPS) is 15.7. The number of hydrogen-bond donors (Lipinski definition) is 0. The van der Waals surface area contributed by atoms with E-state index in [2.05, 4.69) is 82.5 Å². The van der Waals surface area contributed by atoms with Gasteiger partial charge in [0.15, 0.2) is 6.20 Å². The molecule has 1 aliphatic rings. The van der Waals surface area contributed by atoms with Crippen LogP contribution in [0, 0.1) is 12.8 Å². The lowest BCUT2D eigenvalue weighted by Gasteiger charge is -2.23. The lowest BCUT2D eigenvalue weighted by molar-refractivity contribution is -0.660. The van der Waals surface area contributed by atoms with Crippen LogP contribution < -0.4 is 9.75 Å². The predicted molar refractivity (Wildman–Crippen MR) is 121 cm³/mol. The smallest absolute Gasteiger partial charge is 0.201 e. The minimum absolute atomic E-state index is 0.563. The maximum atomic E-state index is 2.54. The van der Waals surface area contributed by atoms with Crippen molar-refractivity contribution in [2.45, 2.75) is 78.4 Å². The van der Waals surface area contributed by atoms with Crippen LogP contribution in [-0.4, -0.2) is 8.07 Å². The van der Waals surface area contributed by atoms with Crippen LogP contribution in [0.25, 0.3) is 11.3 Å². The molecule has 1 heterocycles. The van der Waals surface area contributed by atoms with Gasteiger partial charge in [0.2, 0.25) is 5.69 Å². The molecule has 1 aliphatic carbocycles. The van der Waals surface area contributed by atoms with Crippen molar-refractivity contribution in [1.29, 1.82) is 0 Å². The Labute approximate surface area is 167 Å². The molecule has 27 heavy (non-hydrogen) atoms. The van der Waals surface area contributed by atoms with E-state index < -0.39 is 8.07 Å². The van der Waals surface area contributed by atoms with E-state index in [1.807, 2.05) is 0 Å². The van der Waals surface area contributed by atoms with Crippen molar-refractivity contribution in [1.82, 2.24) is 0 Å². The number of aromatic nitrogens is 1. The highest BCUT2D eigenvalue weighted by molar-refractivity contribution is 6.89. The summed E-state index contributed by atoms with van der Waals surface area (Å²) in [6.45, 7) is 14.3. The predicted octanol–water partition coefficient (Wildman–Crippen LogP) is 5.89. The summed E-state index contributed by atoms with van der Waals surface area (Å²) in [5.74, 6) is 1.46. The third-order valence-electron chi connectivity index (χ3n) is 6.35. The summed E-state index contributed by atoms with van der Waals surface area (Å²) in [4.78, 5) is 0. The molecule has 1 nitrogen and oxygen atoms in total. The molecule has 1 aromatic carbocycles. The van der Waals surface area contributed by atoms with Crippen molar-refractivity contribution in [2.75, 3.05) is 0 Å². The Morgan fingerprint density at radius 2 is 1.74 bits per heavy atom. The lowest BCUT2D eigenvalue weighted by Crippen LogP contribution is -2.45. The SMILES string of the molecule is Cc1ccc(C(C)C)cc1-c1cc([Si](C)(C)C)c(CC2CCCC2)c[n+]1C. The molecule has 0 radical (unpaired) electrons. The van der Waals surface area contributed by atoms with Crippen molar-refractivity contribution < 1.29 is 4.57 Å². The summed E-state index contributed by atoms with van der Waals surface area (Å²) in [7, 11) is 0.836. The first-order chi connectivity index (χ1) is 12.7. The minimum atomic E-state index is -1.40.